The Morgan fingerprint density at radius 2 is 2.05 bits per heavy atom. The standard InChI is InChI=1S/C13H19N2O4P/c1-9-12-8-11(16)6-5-10(12)7-13(15(9)2)14-20(17,18-3)19-4/h5-6,8-9,16H,7H2,1-4H3/b14-13-. The largest absolute Gasteiger partial charge is 0.508 e. The molecule has 1 heterocycles. The first-order chi connectivity index (χ1) is 9.40. The summed E-state index contributed by atoms with van der Waals surface area (Å²) in [4.78, 5) is 1.91. The molecule has 20 heavy (non-hydrogen) atoms. The SMILES string of the molecule is COP(=O)(/N=C1/Cc2ccc(O)cc2C(C)N1C)OC. The normalized spacial score (nSPS) is 21.1. The van der Waals surface area contributed by atoms with Crippen molar-refractivity contribution in [1.82, 2.24) is 4.90 Å². The van der Waals surface area contributed by atoms with Crippen LogP contribution in [0.2, 0.25) is 0 Å². The molecule has 0 saturated heterocycles. The topological polar surface area (TPSA) is 71.4 Å². The van der Waals surface area contributed by atoms with Gasteiger partial charge >= 0.3 is 7.75 Å². The maximum atomic E-state index is 12.1. The molecule has 0 bridgehead atoms. The molecule has 1 aromatic carbocycles. The van der Waals surface area contributed by atoms with E-state index in [1.165, 1.54) is 14.2 Å². The minimum atomic E-state index is -3.44. The monoisotopic (exact) mass is 298 g/mol. The van der Waals surface area contributed by atoms with Crippen LogP contribution >= 0.6 is 7.75 Å². The molecule has 1 aliphatic rings. The summed E-state index contributed by atoms with van der Waals surface area (Å²) in [5, 5.41) is 9.59. The second kappa shape index (κ2) is 5.56. The van der Waals surface area contributed by atoms with E-state index >= 15 is 0 Å². The first kappa shape index (κ1) is 15.0. The minimum Gasteiger partial charge on any atom is -0.508 e. The number of fused-ring (bicyclic) bond motifs is 1. The fourth-order valence-electron chi connectivity index (χ4n) is 2.26. The van der Waals surface area contributed by atoms with Crippen LogP contribution in [0.3, 0.4) is 0 Å². The van der Waals surface area contributed by atoms with Crippen LogP contribution in [-0.2, 0) is 20.0 Å². The van der Waals surface area contributed by atoms with Gasteiger partial charge in [0.25, 0.3) is 0 Å². The molecule has 6 nitrogen and oxygen atoms in total. The highest BCUT2D eigenvalue weighted by Gasteiger charge is 2.29. The number of hydrogen-bond acceptors (Lipinski definition) is 4. The Balaban J connectivity index is 2.43. The van der Waals surface area contributed by atoms with Gasteiger partial charge in [-0.15, -0.1) is 0 Å². The molecule has 1 aliphatic heterocycles. The third-order valence-electron chi connectivity index (χ3n) is 3.62. The lowest BCUT2D eigenvalue weighted by Crippen LogP contribution is -2.36. The fraction of sp³-hybridized carbons (Fsp3) is 0.462. The lowest BCUT2D eigenvalue weighted by molar-refractivity contribution is 0.275. The molecule has 0 radical (unpaired) electrons. The van der Waals surface area contributed by atoms with Gasteiger partial charge in [-0.05, 0) is 30.2 Å². The van der Waals surface area contributed by atoms with E-state index in [4.69, 9.17) is 9.05 Å². The highest BCUT2D eigenvalue weighted by molar-refractivity contribution is 7.52. The van der Waals surface area contributed by atoms with Crippen LogP contribution in [0.15, 0.2) is 23.0 Å². The van der Waals surface area contributed by atoms with Crippen LogP contribution in [0.1, 0.15) is 24.1 Å². The number of phenols is 1. The Kier molecular flexibility index (Phi) is 4.18. The van der Waals surface area contributed by atoms with Gasteiger partial charge in [-0.3, -0.25) is 9.05 Å². The summed E-state index contributed by atoms with van der Waals surface area (Å²) in [6, 6.07) is 5.26. The molecule has 0 amide bonds. The molecule has 1 aromatic rings. The van der Waals surface area contributed by atoms with Gasteiger partial charge in [0.1, 0.15) is 11.6 Å². The Morgan fingerprint density at radius 3 is 2.65 bits per heavy atom. The average molecular weight is 298 g/mol. The van der Waals surface area contributed by atoms with Gasteiger partial charge in [-0.25, -0.2) is 4.57 Å². The van der Waals surface area contributed by atoms with Crippen LogP contribution in [0.4, 0.5) is 0 Å². The molecule has 0 spiro atoms. The zero-order valence-electron chi connectivity index (χ0n) is 12.0. The van der Waals surface area contributed by atoms with E-state index in [9.17, 15) is 9.67 Å². The lowest BCUT2D eigenvalue weighted by Gasteiger charge is -2.35. The van der Waals surface area contributed by atoms with Crippen LogP contribution < -0.4 is 0 Å². The molecule has 1 N–H and O–H groups in total. The summed E-state index contributed by atoms with van der Waals surface area (Å²) in [6.45, 7) is 2.00. The maximum Gasteiger partial charge on any atom is 0.454 e. The van der Waals surface area contributed by atoms with Crippen LogP contribution in [0.5, 0.6) is 5.75 Å². The van der Waals surface area contributed by atoms with E-state index in [2.05, 4.69) is 4.76 Å². The molecular weight excluding hydrogens is 279 g/mol. The Morgan fingerprint density at radius 1 is 1.40 bits per heavy atom. The minimum absolute atomic E-state index is 0.0202. The first-order valence-corrected chi connectivity index (χ1v) is 7.75. The third kappa shape index (κ3) is 2.73. The van der Waals surface area contributed by atoms with Crippen molar-refractivity contribution >= 4 is 13.6 Å². The smallest absolute Gasteiger partial charge is 0.454 e. The second-order valence-electron chi connectivity index (χ2n) is 4.70. The van der Waals surface area contributed by atoms with Crippen molar-refractivity contribution in [2.24, 2.45) is 4.76 Å². The third-order valence-corrected chi connectivity index (χ3v) is 5.01. The number of aromatic hydroxyl groups is 1. The van der Waals surface area contributed by atoms with Crippen molar-refractivity contribution < 1.29 is 18.7 Å². The molecule has 2 rings (SSSR count). The molecular formula is C13H19N2O4P. The second-order valence-corrected chi connectivity index (χ2v) is 6.56. The summed E-state index contributed by atoms with van der Waals surface area (Å²) in [5.74, 6) is 0.881. The van der Waals surface area contributed by atoms with Crippen molar-refractivity contribution in [2.45, 2.75) is 19.4 Å². The van der Waals surface area contributed by atoms with Crippen molar-refractivity contribution in [1.29, 1.82) is 0 Å². The van der Waals surface area contributed by atoms with Gasteiger partial charge in [0.05, 0.1) is 6.04 Å². The van der Waals surface area contributed by atoms with Gasteiger partial charge in [0.2, 0.25) is 0 Å². The number of nitrogens with zero attached hydrogens (tertiary/aromatic N) is 2. The van der Waals surface area contributed by atoms with Crippen LogP contribution in [0.25, 0.3) is 0 Å². The number of amidine groups is 1. The van der Waals surface area contributed by atoms with Gasteiger partial charge < -0.3 is 10.0 Å². The molecule has 1 atom stereocenters. The maximum absolute atomic E-state index is 12.1. The Labute approximate surface area is 118 Å². The van der Waals surface area contributed by atoms with Gasteiger partial charge in [-0.1, -0.05) is 6.07 Å². The average Bonchev–Trinajstić information content (AvgIpc) is 2.45. The summed E-state index contributed by atoms with van der Waals surface area (Å²) < 4.78 is 26.0. The first-order valence-electron chi connectivity index (χ1n) is 6.25. The molecule has 7 heteroatoms. The van der Waals surface area contributed by atoms with Crippen LogP contribution in [-0.4, -0.2) is 37.1 Å². The number of benzene rings is 1. The zero-order chi connectivity index (χ0) is 14.9. The van der Waals surface area contributed by atoms with E-state index in [1.807, 2.05) is 24.9 Å². The van der Waals surface area contributed by atoms with Crippen molar-refractivity contribution in [3.8, 4) is 5.75 Å². The predicted molar refractivity (Wildman–Crippen MR) is 77.0 cm³/mol. The number of rotatable bonds is 3. The number of likely N-dealkylation sites (N-methyl/N-ethyl adjacent to an activating group) is 1. The van der Waals surface area contributed by atoms with Gasteiger partial charge in [-0.2, -0.15) is 4.76 Å². The van der Waals surface area contributed by atoms with Gasteiger partial charge in [0, 0.05) is 27.7 Å². The summed E-state index contributed by atoms with van der Waals surface area (Å²) >= 11 is 0. The van der Waals surface area contributed by atoms with Crippen molar-refractivity contribution in [3.05, 3.63) is 29.3 Å². The predicted octanol–water partition coefficient (Wildman–Crippen LogP) is 2.74. The molecule has 0 fully saturated rings. The van der Waals surface area contributed by atoms with Crippen molar-refractivity contribution in [3.63, 3.8) is 0 Å². The lowest BCUT2D eigenvalue weighted by atomic mass is 9.93. The Hall–Kier alpha value is -1.36. The highest BCUT2D eigenvalue weighted by atomic mass is 31.2. The quantitative estimate of drug-likeness (QED) is 0.869. The molecule has 1 unspecified atom stereocenters. The van der Waals surface area contributed by atoms with E-state index in [1.54, 1.807) is 12.1 Å². The highest BCUT2D eigenvalue weighted by Crippen LogP contribution is 2.49. The van der Waals surface area contributed by atoms with E-state index in [-0.39, 0.29) is 11.8 Å². The summed E-state index contributed by atoms with van der Waals surface area (Å²) in [7, 11) is 1.05. The van der Waals surface area contributed by atoms with E-state index < -0.39 is 7.75 Å². The van der Waals surface area contributed by atoms with Crippen LogP contribution in [0, 0.1) is 0 Å². The summed E-state index contributed by atoms with van der Waals surface area (Å²) in [6.07, 6.45) is 0.521. The zero-order valence-corrected chi connectivity index (χ0v) is 12.9. The molecule has 0 aliphatic carbocycles. The molecule has 0 aromatic heterocycles. The number of phenolic OH excluding ortho intramolecular Hbond substituents is 1. The van der Waals surface area contributed by atoms with Crippen molar-refractivity contribution in [2.75, 3.05) is 21.3 Å². The fourth-order valence-corrected chi connectivity index (χ4v) is 3.07. The molecule has 0 saturated carbocycles. The Bertz CT molecular complexity index is 580. The van der Waals surface area contributed by atoms with Gasteiger partial charge in [0.15, 0.2) is 0 Å². The van der Waals surface area contributed by atoms with E-state index in [0.717, 1.165) is 11.1 Å². The van der Waals surface area contributed by atoms with E-state index in [0.29, 0.717) is 12.3 Å². The number of hydrogen-bond donors (Lipinski definition) is 1. The summed E-state index contributed by atoms with van der Waals surface area (Å²) in [5.41, 5.74) is 2.09. The molecule has 110 valence electrons.